The van der Waals surface area contributed by atoms with Gasteiger partial charge in [-0.25, -0.2) is 0 Å². The van der Waals surface area contributed by atoms with Gasteiger partial charge in [0.2, 0.25) is 0 Å². The van der Waals surface area contributed by atoms with Crippen LogP contribution >= 0.6 is 11.6 Å². The number of sulfonamides is 1. The summed E-state index contributed by atoms with van der Waals surface area (Å²) in [5, 5.41) is 3.21. The molecule has 4 aromatic carbocycles. The first kappa shape index (κ1) is 23.2. The Morgan fingerprint density at radius 3 is 1.82 bits per heavy atom. The van der Waals surface area contributed by atoms with E-state index in [1.165, 1.54) is 0 Å². The third-order valence-electron chi connectivity index (χ3n) is 5.80. The van der Waals surface area contributed by atoms with E-state index in [0.29, 0.717) is 15.9 Å². The van der Waals surface area contributed by atoms with Crippen molar-refractivity contribution in [3.63, 3.8) is 0 Å². The second-order valence-electron chi connectivity index (χ2n) is 8.10. The highest BCUT2D eigenvalue weighted by atomic mass is 35.5. The van der Waals surface area contributed by atoms with Crippen molar-refractivity contribution in [2.24, 2.45) is 4.40 Å². The molecule has 4 aromatic rings. The van der Waals surface area contributed by atoms with Gasteiger partial charge in [0, 0.05) is 5.02 Å². The molecular formula is C27H24ClNO2SSi. The van der Waals surface area contributed by atoms with Crippen LogP contribution in [0, 0.1) is 6.92 Å². The summed E-state index contributed by atoms with van der Waals surface area (Å²) in [6.07, 6.45) is 0. The summed E-state index contributed by atoms with van der Waals surface area (Å²) in [7, 11) is -6.79. The molecule has 0 aromatic heterocycles. The first-order valence-corrected chi connectivity index (χ1v) is 14.9. The zero-order valence-electron chi connectivity index (χ0n) is 18.4. The molecule has 6 heteroatoms. The fraction of sp³-hybridized carbons (Fsp3) is 0.0741. The highest BCUT2D eigenvalue weighted by molar-refractivity contribution is 7.90. The van der Waals surface area contributed by atoms with Crippen molar-refractivity contribution in [2.75, 3.05) is 0 Å². The second-order valence-corrected chi connectivity index (χ2v) is 14.0. The summed E-state index contributed by atoms with van der Waals surface area (Å²) in [6, 6.07) is 34.1. The number of nitrogens with zero attached hydrogens (tertiary/aromatic N) is 1. The summed E-state index contributed by atoms with van der Waals surface area (Å²) >= 11 is 6.35. The average Bonchev–Trinajstić information content (AvgIpc) is 2.83. The van der Waals surface area contributed by atoms with Crippen molar-refractivity contribution in [1.29, 1.82) is 0 Å². The van der Waals surface area contributed by atoms with Gasteiger partial charge in [0.15, 0.2) is 8.07 Å². The van der Waals surface area contributed by atoms with E-state index in [9.17, 15) is 8.42 Å². The van der Waals surface area contributed by atoms with E-state index in [4.69, 9.17) is 11.6 Å². The molecule has 0 aliphatic rings. The largest absolute Gasteiger partial charge is 0.282 e. The quantitative estimate of drug-likeness (QED) is 0.274. The molecule has 0 fully saturated rings. The van der Waals surface area contributed by atoms with Crippen molar-refractivity contribution in [1.82, 2.24) is 0 Å². The minimum atomic E-state index is -3.96. The van der Waals surface area contributed by atoms with E-state index < -0.39 is 18.1 Å². The third kappa shape index (κ3) is 4.86. The lowest BCUT2D eigenvalue weighted by molar-refractivity contribution is 0.598. The Morgan fingerprint density at radius 2 is 1.30 bits per heavy atom. The molecule has 0 aliphatic carbocycles. The smallest absolute Gasteiger partial charge is 0.199 e. The van der Waals surface area contributed by atoms with E-state index in [1.54, 1.807) is 36.4 Å². The van der Waals surface area contributed by atoms with Crippen molar-refractivity contribution >= 4 is 45.4 Å². The number of hydrogen-bond donors (Lipinski definition) is 0. The van der Waals surface area contributed by atoms with Crippen LogP contribution in [0.3, 0.4) is 0 Å². The Balaban J connectivity index is 2.05. The van der Waals surface area contributed by atoms with Crippen LogP contribution in [0.1, 0.15) is 11.1 Å². The first-order valence-electron chi connectivity index (χ1n) is 10.6. The molecule has 0 N–H and O–H groups in total. The zero-order valence-corrected chi connectivity index (χ0v) is 21.0. The van der Waals surface area contributed by atoms with Gasteiger partial charge >= 0.3 is 0 Å². The van der Waals surface area contributed by atoms with Crippen LogP contribution in [0.5, 0.6) is 0 Å². The van der Waals surface area contributed by atoms with Crippen LogP contribution in [0.25, 0.3) is 0 Å². The number of hydrogen-bond acceptors (Lipinski definition) is 2. The lowest BCUT2D eigenvalue weighted by atomic mass is 10.2. The topological polar surface area (TPSA) is 46.5 Å². The summed E-state index contributed by atoms with van der Waals surface area (Å²) in [5.74, 6) is 0. The molecule has 0 unspecified atom stereocenters. The Hall–Kier alpha value is -2.99. The fourth-order valence-corrected chi connectivity index (χ4v) is 9.48. The Bertz CT molecular complexity index is 1350. The molecule has 0 radical (unpaired) electrons. The molecule has 0 saturated carbocycles. The van der Waals surface area contributed by atoms with Crippen LogP contribution in [-0.4, -0.2) is 21.8 Å². The van der Waals surface area contributed by atoms with Crippen LogP contribution in [0.2, 0.25) is 11.6 Å². The maximum absolute atomic E-state index is 13.5. The second kappa shape index (κ2) is 9.47. The standard InChI is InChI=1S/C27H24ClNO2SSi/c1-21-16-18-24(19-17-21)32(30,31)29-27(22-10-9-11-23(28)20-22)33(2,25-12-5-3-6-13-25)26-14-7-4-8-15-26/h3-20H,1-2H3/b29-27-. The molecule has 33 heavy (non-hydrogen) atoms. The molecule has 0 heterocycles. The van der Waals surface area contributed by atoms with Gasteiger partial charge in [0.05, 0.1) is 10.2 Å². The van der Waals surface area contributed by atoms with E-state index in [2.05, 4.69) is 35.2 Å². The lowest BCUT2D eigenvalue weighted by Gasteiger charge is -2.30. The van der Waals surface area contributed by atoms with Crippen LogP contribution in [-0.2, 0) is 10.0 Å². The number of benzene rings is 4. The number of rotatable bonds is 6. The SMILES string of the molecule is Cc1ccc(S(=O)(=O)/N=C(/c2cccc(Cl)c2)[Si](C)(c2ccccc2)c2ccccc2)cc1. The molecule has 0 bridgehead atoms. The molecule has 0 aliphatic heterocycles. The summed E-state index contributed by atoms with van der Waals surface area (Å²) in [5.41, 5.74) is 1.70. The van der Waals surface area contributed by atoms with Gasteiger partial charge < -0.3 is 0 Å². The molecule has 0 spiro atoms. The maximum atomic E-state index is 13.5. The Labute approximate surface area is 201 Å². The van der Waals surface area contributed by atoms with Crippen LogP contribution < -0.4 is 10.4 Å². The minimum Gasteiger partial charge on any atom is -0.199 e. The molecule has 3 nitrogen and oxygen atoms in total. The number of aryl methyl sites for hydroxylation is 1. The van der Waals surface area contributed by atoms with Gasteiger partial charge in [-0.15, -0.1) is 0 Å². The van der Waals surface area contributed by atoms with Gasteiger partial charge in [-0.2, -0.15) is 12.8 Å². The van der Waals surface area contributed by atoms with Gasteiger partial charge in [0.1, 0.15) is 0 Å². The van der Waals surface area contributed by atoms with Gasteiger partial charge in [-0.05, 0) is 47.1 Å². The normalized spacial score (nSPS) is 12.5. The van der Waals surface area contributed by atoms with E-state index in [0.717, 1.165) is 15.9 Å². The van der Waals surface area contributed by atoms with Gasteiger partial charge in [0.25, 0.3) is 10.0 Å². The van der Waals surface area contributed by atoms with E-state index >= 15 is 0 Å². The zero-order chi connectivity index (χ0) is 23.5. The van der Waals surface area contributed by atoms with Crippen molar-refractivity contribution in [3.05, 3.63) is 125 Å². The molecule has 4 rings (SSSR count). The van der Waals surface area contributed by atoms with Crippen molar-refractivity contribution in [2.45, 2.75) is 18.4 Å². The van der Waals surface area contributed by atoms with Crippen molar-refractivity contribution < 1.29 is 8.42 Å². The molecule has 166 valence electrons. The number of halogens is 1. The third-order valence-corrected chi connectivity index (χ3v) is 11.8. The van der Waals surface area contributed by atoms with E-state index in [-0.39, 0.29) is 4.90 Å². The minimum absolute atomic E-state index is 0.171. The predicted molar refractivity (Wildman–Crippen MR) is 140 cm³/mol. The van der Waals surface area contributed by atoms with Crippen molar-refractivity contribution in [3.8, 4) is 0 Å². The highest BCUT2D eigenvalue weighted by Gasteiger charge is 2.40. The monoisotopic (exact) mass is 489 g/mol. The van der Waals surface area contributed by atoms with Crippen LogP contribution in [0.15, 0.2) is 118 Å². The molecule has 0 atom stereocenters. The highest BCUT2D eigenvalue weighted by Crippen LogP contribution is 2.22. The van der Waals surface area contributed by atoms with Gasteiger partial charge in [-0.1, -0.05) is 109 Å². The molecular weight excluding hydrogens is 466 g/mol. The average molecular weight is 490 g/mol. The molecule has 0 saturated heterocycles. The molecule has 0 amide bonds. The Morgan fingerprint density at radius 1 is 0.758 bits per heavy atom. The lowest BCUT2D eigenvalue weighted by Crippen LogP contribution is -2.62. The summed E-state index contributed by atoms with van der Waals surface area (Å²) in [4.78, 5) is 0.171. The first-order chi connectivity index (χ1) is 15.8. The maximum Gasteiger partial charge on any atom is 0.282 e. The fourth-order valence-electron chi connectivity index (χ4n) is 3.93. The van der Waals surface area contributed by atoms with Gasteiger partial charge in [-0.3, -0.25) is 0 Å². The Kier molecular flexibility index (Phi) is 6.65. The van der Waals surface area contributed by atoms with Crippen LogP contribution in [0.4, 0.5) is 0 Å². The summed E-state index contributed by atoms with van der Waals surface area (Å²) in [6.45, 7) is 4.06. The summed E-state index contributed by atoms with van der Waals surface area (Å²) < 4.78 is 31.6. The van der Waals surface area contributed by atoms with E-state index in [1.807, 2.05) is 55.5 Å². The predicted octanol–water partition coefficient (Wildman–Crippen LogP) is 5.26.